The lowest BCUT2D eigenvalue weighted by Gasteiger charge is -2.24. The van der Waals surface area contributed by atoms with Crippen LogP contribution in [0, 0.1) is 0 Å². The topological polar surface area (TPSA) is 96.7 Å². The molecule has 2 aromatic heterocycles. The third-order valence-corrected chi connectivity index (χ3v) is 10.5. The summed E-state index contributed by atoms with van der Waals surface area (Å²) in [4.78, 5) is 30.3. The standard InChI is InChI=1S/C44H42N4O3/c1-3-5-26-47-34(32-18-8-14-28-16-10-20-36(47)39(28)32)24-22-30-12-7-13-31(38(30)41-42(49)45-44(51)46-43(41)50)23-25-35-33-19-9-15-29-17-11-21-37(40(29)33)48(35)27-6-4-2/h8-11,14-25H,3-7,12-13,26-27H2,1-2H3,(H2,45,46,49,50,51)/b30-22+,34-24+. The lowest BCUT2D eigenvalue weighted by molar-refractivity contribution is -0.436. The summed E-state index contributed by atoms with van der Waals surface area (Å²) in [5, 5.41) is 20.7. The van der Waals surface area contributed by atoms with Crippen LogP contribution in [-0.4, -0.2) is 31.4 Å². The van der Waals surface area contributed by atoms with Crippen LogP contribution in [0.5, 0.6) is 5.88 Å². The van der Waals surface area contributed by atoms with Crippen molar-refractivity contribution >= 4 is 55.5 Å². The number of allylic oxidation sites excluding steroid dienone is 6. The van der Waals surface area contributed by atoms with E-state index in [4.69, 9.17) is 0 Å². The highest BCUT2D eigenvalue weighted by Crippen LogP contribution is 2.39. The molecule has 256 valence electrons. The molecular formula is C44H42N4O3. The summed E-state index contributed by atoms with van der Waals surface area (Å²) in [6.45, 7) is 6.19. The molecule has 4 aromatic carbocycles. The SMILES string of the molecule is CCCCn1/c(=C/C=C2\CCCC(/C=C/C3=[N+](CCCC)c4cccc5cccc3c45)=C2c2c([O-])[nH]c(=O)[nH]c2=O)c2cccc3cccc1c32. The van der Waals surface area contributed by atoms with Gasteiger partial charge in [0.25, 0.3) is 5.56 Å². The van der Waals surface area contributed by atoms with Gasteiger partial charge in [-0.15, -0.1) is 0 Å². The number of hydrogen-bond donors (Lipinski definition) is 2. The number of rotatable bonds is 10. The van der Waals surface area contributed by atoms with Crippen LogP contribution in [0.15, 0.2) is 112 Å². The van der Waals surface area contributed by atoms with Crippen LogP contribution in [0.1, 0.15) is 69.9 Å². The van der Waals surface area contributed by atoms with Crippen LogP contribution in [0.25, 0.3) is 44.1 Å². The second kappa shape index (κ2) is 13.6. The lowest BCUT2D eigenvalue weighted by atomic mass is 9.83. The van der Waals surface area contributed by atoms with E-state index in [1.165, 1.54) is 43.7 Å². The Morgan fingerprint density at radius 2 is 1.57 bits per heavy atom. The highest BCUT2D eigenvalue weighted by Gasteiger charge is 2.30. The van der Waals surface area contributed by atoms with E-state index in [1.54, 1.807) is 0 Å². The predicted octanol–water partition coefficient (Wildman–Crippen LogP) is 7.76. The Bertz CT molecular complexity index is 2630. The van der Waals surface area contributed by atoms with Crippen LogP contribution in [0.2, 0.25) is 0 Å². The van der Waals surface area contributed by atoms with Crippen molar-refractivity contribution in [3.63, 3.8) is 0 Å². The molecule has 2 N–H and O–H groups in total. The number of aromatic amines is 2. The molecule has 0 amide bonds. The van der Waals surface area contributed by atoms with Gasteiger partial charge in [-0.2, -0.15) is 4.58 Å². The molecule has 8 rings (SSSR count). The number of H-pyrrole nitrogens is 2. The quantitative estimate of drug-likeness (QED) is 0.145. The van der Waals surface area contributed by atoms with Gasteiger partial charge < -0.3 is 14.7 Å². The maximum absolute atomic E-state index is 13.5. The zero-order valence-corrected chi connectivity index (χ0v) is 29.2. The van der Waals surface area contributed by atoms with Crippen molar-refractivity contribution in [1.29, 1.82) is 0 Å². The van der Waals surface area contributed by atoms with Gasteiger partial charge in [0.15, 0.2) is 0 Å². The number of nitrogens with zero attached hydrogens (tertiary/aromatic N) is 2. The fourth-order valence-electron chi connectivity index (χ4n) is 8.17. The smallest absolute Gasteiger partial charge is 0.325 e. The molecule has 0 unspecified atom stereocenters. The molecule has 0 saturated heterocycles. The highest BCUT2D eigenvalue weighted by molar-refractivity contribution is 6.19. The first-order chi connectivity index (χ1) is 25.0. The summed E-state index contributed by atoms with van der Waals surface area (Å²) in [7, 11) is 0. The van der Waals surface area contributed by atoms with Gasteiger partial charge in [0.1, 0.15) is 6.54 Å². The van der Waals surface area contributed by atoms with Crippen molar-refractivity contribution in [2.24, 2.45) is 0 Å². The molecule has 7 nitrogen and oxygen atoms in total. The Kier molecular flexibility index (Phi) is 8.64. The number of aryl methyl sites for hydroxylation is 1. The van der Waals surface area contributed by atoms with Crippen LogP contribution < -0.4 is 21.7 Å². The van der Waals surface area contributed by atoms with Crippen molar-refractivity contribution in [2.45, 2.75) is 65.3 Å². The minimum Gasteiger partial charge on any atom is -0.860 e. The number of hydrogen-bond acceptors (Lipinski definition) is 3. The second-order valence-electron chi connectivity index (χ2n) is 13.7. The van der Waals surface area contributed by atoms with Crippen molar-refractivity contribution in [3.05, 3.63) is 139 Å². The van der Waals surface area contributed by atoms with Crippen molar-refractivity contribution < 1.29 is 9.68 Å². The molecule has 1 aliphatic heterocycles. The van der Waals surface area contributed by atoms with Crippen LogP contribution in [0.3, 0.4) is 0 Å². The maximum atomic E-state index is 13.5. The Morgan fingerprint density at radius 1 is 0.824 bits per heavy atom. The molecule has 0 atom stereocenters. The Hall–Kier alpha value is -5.69. The third kappa shape index (κ3) is 5.67. The van der Waals surface area contributed by atoms with Crippen molar-refractivity contribution in [2.75, 3.05) is 6.54 Å². The molecule has 0 fully saturated rings. The molecule has 2 aliphatic rings. The summed E-state index contributed by atoms with van der Waals surface area (Å²) < 4.78 is 4.80. The zero-order valence-electron chi connectivity index (χ0n) is 29.2. The molecule has 7 heteroatoms. The number of unbranched alkanes of at least 4 members (excludes halogenated alkanes) is 2. The Morgan fingerprint density at radius 3 is 2.35 bits per heavy atom. The van der Waals surface area contributed by atoms with E-state index < -0.39 is 17.1 Å². The summed E-state index contributed by atoms with van der Waals surface area (Å²) in [6.07, 6.45) is 15.0. The summed E-state index contributed by atoms with van der Waals surface area (Å²) in [5.74, 6) is -0.664. The minimum absolute atomic E-state index is 0.0112. The normalized spacial score (nSPS) is 16.0. The first kappa shape index (κ1) is 32.5. The van der Waals surface area contributed by atoms with Gasteiger partial charge in [-0.25, -0.2) is 4.79 Å². The first-order valence-corrected chi connectivity index (χ1v) is 18.3. The molecule has 0 radical (unpaired) electrons. The van der Waals surface area contributed by atoms with Crippen molar-refractivity contribution in [1.82, 2.24) is 14.5 Å². The van der Waals surface area contributed by atoms with Gasteiger partial charge in [-0.05, 0) is 77.3 Å². The predicted molar refractivity (Wildman–Crippen MR) is 207 cm³/mol. The van der Waals surface area contributed by atoms with E-state index in [0.29, 0.717) is 18.4 Å². The molecule has 6 aromatic rings. The lowest BCUT2D eigenvalue weighted by Crippen LogP contribution is -2.28. The monoisotopic (exact) mass is 674 g/mol. The third-order valence-electron chi connectivity index (χ3n) is 10.5. The maximum Gasteiger partial charge on any atom is 0.325 e. The highest BCUT2D eigenvalue weighted by atomic mass is 16.3. The zero-order chi connectivity index (χ0) is 35.1. The fraction of sp³-hybridized carbons (Fsp3) is 0.250. The molecule has 3 heterocycles. The van der Waals surface area contributed by atoms with E-state index in [2.05, 4.69) is 130 Å². The first-order valence-electron chi connectivity index (χ1n) is 18.3. The average molecular weight is 675 g/mol. The van der Waals surface area contributed by atoms with Gasteiger partial charge in [0.05, 0.1) is 16.5 Å². The van der Waals surface area contributed by atoms with Crippen LogP contribution in [0.4, 0.5) is 5.69 Å². The van der Waals surface area contributed by atoms with E-state index in [1.807, 2.05) is 0 Å². The van der Waals surface area contributed by atoms with Gasteiger partial charge in [0.2, 0.25) is 11.4 Å². The minimum atomic E-state index is -0.794. The van der Waals surface area contributed by atoms with Crippen molar-refractivity contribution in [3.8, 4) is 5.88 Å². The van der Waals surface area contributed by atoms with Gasteiger partial charge in [-0.3, -0.25) is 9.78 Å². The number of aromatic nitrogens is 3. The molecule has 1 aliphatic carbocycles. The van der Waals surface area contributed by atoms with Gasteiger partial charge in [-0.1, -0.05) is 93.4 Å². The van der Waals surface area contributed by atoms with E-state index in [-0.39, 0.29) is 5.56 Å². The number of benzene rings is 4. The molecular weight excluding hydrogens is 633 g/mol. The van der Waals surface area contributed by atoms with Crippen LogP contribution >= 0.6 is 0 Å². The molecule has 0 bridgehead atoms. The van der Waals surface area contributed by atoms with E-state index in [0.717, 1.165) is 67.4 Å². The second-order valence-corrected chi connectivity index (χ2v) is 13.7. The summed E-state index contributed by atoms with van der Waals surface area (Å²) in [6, 6.07) is 25.8. The largest absolute Gasteiger partial charge is 0.860 e. The summed E-state index contributed by atoms with van der Waals surface area (Å²) in [5.41, 5.74) is 5.67. The molecule has 0 spiro atoms. The summed E-state index contributed by atoms with van der Waals surface area (Å²) >= 11 is 0. The van der Waals surface area contributed by atoms with E-state index >= 15 is 0 Å². The fourth-order valence-corrected chi connectivity index (χ4v) is 8.17. The molecule has 51 heavy (non-hydrogen) atoms. The Labute approximate surface area is 296 Å². The molecule has 0 saturated carbocycles. The Balaban J connectivity index is 1.34. The van der Waals surface area contributed by atoms with Gasteiger partial charge >= 0.3 is 5.69 Å². The average Bonchev–Trinajstić information content (AvgIpc) is 3.61. The van der Waals surface area contributed by atoms with Crippen LogP contribution in [-0.2, 0) is 6.54 Å². The number of nitrogens with one attached hydrogen (secondary N) is 2. The van der Waals surface area contributed by atoms with E-state index in [9.17, 15) is 14.7 Å². The van der Waals surface area contributed by atoms with Gasteiger partial charge in [0, 0.05) is 46.7 Å².